The van der Waals surface area contributed by atoms with E-state index in [1.807, 2.05) is 0 Å². The first-order chi connectivity index (χ1) is 8.22. The molecule has 0 spiro atoms. The van der Waals surface area contributed by atoms with Crippen molar-refractivity contribution in [2.75, 3.05) is 5.32 Å². The average Bonchev–Trinajstić information content (AvgIpc) is 2.81. The van der Waals surface area contributed by atoms with E-state index in [0.717, 1.165) is 12.8 Å². The summed E-state index contributed by atoms with van der Waals surface area (Å²) in [4.78, 5) is 12.0. The quantitative estimate of drug-likeness (QED) is 0.655. The van der Waals surface area contributed by atoms with Gasteiger partial charge in [-0.15, -0.1) is 6.42 Å². The Morgan fingerprint density at radius 1 is 1.59 bits per heavy atom. The zero-order chi connectivity index (χ0) is 12.3. The Balaban J connectivity index is 2.28. The van der Waals surface area contributed by atoms with Gasteiger partial charge >= 0.3 is 0 Å². The summed E-state index contributed by atoms with van der Waals surface area (Å²) >= 11 is 5.97. The lowest BCUT2D eigenvalue weighted by atomic mass is 10.2. The van der Waals surface area contributed by atoms with Crippen LogP contribution in [0.2, 0.25) is 5.02 Å². The van der Waals surface area contributed by atoms with Gasteiger partial charge in [0.15, 0.2) is 0 Å². The molecule has 0 amide bonds. The molecule has 0 saturated carbocycles. The Bertz CT molecular complexity index is 534. The van der Waals surface area contributed by atoms with Crippen molar-refractivity contribution < 1.29 is 0 Å². The summed E-state index contributed by atoms with van der Waals surface area (Å²) in [5.74, 6) is 2.38. The number of aromatic nitrogens is 2. The van der Waals surface area contributed by atoms with Gasteiger partial charge in [0, 0.05) is 6.04 Å². The maximum atomic E-state index is 12.0. The summed E-state index contributed by atoms with van der Waals surface area (Å²) in [7, 11) is 0. The molecule has 1 heterocycles. The van der Waals surface area contributed by atoms with Crippen molar-refractivity contribution >= 4 is 17.3 Å². The highest BCUT2D eigenvalue weighted by atomic mass is 35.5. The second-order valence-corrected chi connectivity index (χ2v) is 4.23. The number of nitrogens with one attached hydrogen (secondary N) is 1. The first-order valence-corrected chi connectivity index (χ1v) is 5.71. The summed E-state index contributed by atoms with van der Waals surface area (Å²) in [6, 6.07) is 0.224. The van der Waals surface area contributed by atoms with Gasteiger partial charge in [-0.2, -0.15) is 5.10 Å². The van der Waals surface area contributed by atoms with Gasteiger partial charge in [-0.05, 0) is 12.8 Å². The minimum absolute atomic E-state index is 0.146. The summed E-state index contributed by atoms with van der Waals surface area (Å²) < 4.78 is 1.22. The summed E-state index contributed by atoms with van der Waals surface area (Å²) in [6.45, 7) is 0.146. The molecule has 17 heavy (non-hydrogen) atoms. The van der Waals surface area contributed by atoms with E-state index in [1.54, 1.807) is 0 Å². The Morgan fingerprint density at radius 3 is 2.94 bits per heavy atom. The average molecular weight is 250 g/mol. The minimum atomic E-state index is -0.276. The van der Waals surface area contributed by atoms with Crippen molar-refractivity contribution in [3.8, 4) is 12.3 Å². The van der Waals surface area contributed by atoms with Crippen LogP contribution in [0.1, 0.15) is 12.8 Å². The van der Waals surface area contributed by atoms with Gasteiger partial charge in [-0.1, -0.05) is 29.7 Å². The zero-order valence-corrected chi connectivity index (χ0v) is 9.94. The molecule has 1 aromatic rings. The van der Waals surface area contributed by atoms with Gasteiger partial charge in [0.2, 0.25) is 0 Å². The third-order valence-electron chi connectivity index (χ3n) is 2.59. The number of anilines is 1. The van der Waals surface area contributed by atoms with Crippen LogP contribution in [0.4, 0.5) is 5.69 Å². The molecule has 5 heteroatoms. The van der Waals surface area contributed by atoms with E-state index in [2.05, 4.69) is 28.5 Å². The van der Waals surface area contributed by atoms with Crippen molar-refractivity contribution in [1.29, 1.82) is 0 Å². The van der Waals surface area contributed by atoms with E-state index < -0.39 is 0 Å². The second-order valence-electron chi connectivity index (χ2n) is 3.82. The molecule has 0 aliphatic heterocycles. The molecule has 0 atom stereocenters. The van der Waals surface area contributed by atoms with Crippen molar-refractivity contribution in [2.45, 2.75) is 25.4 Å². The molecule has 1 aromatic heterocycles. The number of nitrogens with zero attached hydrogens (tertiary/aromatic N) is 2. The molecule has 1 aliphatic rings. The van der Waals surface area contributed by atoms with Crippen LogP contribution in [0, 0.1) is 12.3 Å². The molecule has 88 valence electrons. The fourth-order valence-corrected chi connectivity index (χ4v) is 1.92. The summed E-state index contributed by atoms with van der Waals surface area (Å²) in [5, 5.41) is 7.35. The lowest BCUT2D eigenvalue weighted by Gasteiger charge is -2.14. The Labute approximate surface area is 104 Å². The highest BCUT2D eigenvalue weighted by Gasteiger charge is 2.15. The lowest BCUT2D eigenvalue weighted by molar-refractivity contribution is 0.660. The molecule has 0 unspecified atom stereocenters. The normalized spacial score (nSPS) is 14.8. The number of hydrogen-bond donors (Lipinski definition) is 1. The van der Waals surface area contributed by atoms with Crippen molar-refractivity contribution in [1.82, 2.24) is 9.78 Å². The van der Waals surface area contributed by atoms with Crippen molar-refractivity contribution in [3.05, 3.63) is 33.7 Å². The smallest absolute Gasteiger partial charge is 0.292 e. The Morgan fingerprint density at radius 2 is 2.29 bits per heavy atom. The second kappa shape index (κ2) is 5.07. The van der Waals surface area contributed by atoms with Crippen LogP contribution < -0.4 is 10.9 Å². The van der Waals surface area contributed by atoms with Gasteiger partial charge in [-0.3, -0.25) is 4.79 Å². The topological polar surface area (TPSA) is 46.9 Å². The molecular weight excluding hydrogens is 238 g/mol. The molecule has 0 saturated heterocycles. The fourth-order valence-electron chi connectivity index (χ4n) is 1.74. The van der Waals surface area contributed by atoms with E-state index in [-0.39, 0.29) is 18.1 Å². The Hall–Kier alpha value is -1.73. The molecule has 0 fully saturated rings. The molecule has 0 radical (unpaired) electrons. The predicted molar refractivity (Wildman–Crippen MR) is 68.1 cm³/mol. The van der Waals surface area contributed by atoms with Crippen LogP contribution in [0.25, 0.3) is 0 Å². The van der Waals surface area contributed by atoms with Gasteiger partial charge in [0.25, 0.3) is 5.56 Å². The third-order valence-corrected chi connectivity index (χ3v) is 2.88. The van der Waals surface area contributed by atoms with E-state index in [0.29, 0.717) is 10.7 Å². The molecule has 1 N–H and O–H groups in total. The van der Waals surface area contributed by atoms with Gasteiger partial charge in [0.05, 0.1) is 11.2 Å². The lowest BCUT2D eigenvalue weighted by Crippen LogP contribution is -2.28. The highest BCUT2D eigenvalue weighted by Crippen LogP contribution is 2.20. The van der Waals surface area contributed by atoms with Crippen LogP contribution in [0.3, 0.4) is 0 Å². The molecule has 4 nitrogen and oxygen atoms in total. The summed E-state index contributed by atoms with van der Waals surface area (Å²) in [5.41, 5.74) is 0.105. The van der Waals surface area contributed by atoms with Crippen LogP contribution in [0.5, 0.6) is 0 Å². The number of hydrogen-bond acceptors (Lipinski definition) is 3. The maximum absolute atomic E-state index is 12.0. The Kier molecular flexibility index (Phi) is 3.50. The molecule has 0 aromatic carbocycles. The van der Waals surface area contributed by atoms with E-state index in [9.17, 15) is 4.79 Å². The largest absolute Gasteiger partial charge is 0.376 e. The van der Waals surface area contributed by atoms with Crippen molar-refractivity contribution in [2.24, 2.45) is 0 Å². The van der Waals surface area contributed by atoms with Gasteiger partial charge in [-0.25, -0.2) is 4.68 Å². The molecule has 0 bridgehead atoms. The van der Waals surface area contributed by atoms with Crippen LogP contribution in [-0.2, 0) is 6.54 Å². The van der Waals surface area contributed by atoms with Crippen LogP contribution >= 0.6 is 11.6 Å². The number of rotatable bonds is 3. The van der Waals surface area contributed by atoms with Gasteiger partial charge in [0.1, 0.15) is 12.2 Å². The molecule has 2 rings (SSSR count). The van der Waals surface area contributed by atoms with E-state index in [1.165, 1.54) is 10.9 Å². The monoisotopic (exact) mass is 249 g/mol. The standard InChI is InChI=1S/C12H12ClN3O/c1-2-7-16-12(17)11(10(13)8-14-16)15-9-5-3-4-6-9/h1,3-4,8-9,15H,5-7H2. The van der Waals surface area contributed by atoms with Crippen molar-refractivity contribution in [3.63, 3.8) is 0 Å². The SMILES string of the molecule is C#CCn1ncc(Cl)c(NC2CC=CC2)c1=O. The first kappa shape index (κ1) is 11.7. The maximum Gasteiger partial charge on any atom is 0.292 e. The van der Waals surface area contributed by atoms with E-state index in [4.69, 9.17) is 18.0 Å². The van der Waals surface area contributed by atoms with Crippen LogP contribution in [0.15, 0.2) is 23.1 Å². The third kappa shape index (κ3) is 2.51. The minimum Gasteiger partial charge on any atom is -0.376 e. The summed E-state index contributed by atoms with van der Waals surface area (Å²) in [6.07, 6.45) is 12.5. The fraction of sp³-hybridized carbons (Fsp3) is 0.333. The van der Waals surface area contributed by atoms with E-state index >= 15 is 0 Å². The molecular formula is C12H12ClN3O. The van der Waals surface area contributed by atoms with Crippen LogP contribution in [-0.4, -0.2) is 15.8 Å². The number of halogens is 1. The molecule has 1 aliphatic carbocycles. The highest BCUT2D eigenvalue weighted by molar-refractivity contribution is 6.33. The zero-order valence-electron chi connectivity index (χ0n) is 9.19. The predicted octanol–water partition coefficient (Wildman–Crippen LogP) is 1.66. The first-order valence-electron chi connectivity index (χ1n) is 5.33. The van der Waals surface area contributed by atoms with Gasteiger partial charge < -0.3 is 5.32 Å². The number of terminal acetylenes is 1.